The van der Waals surface area contributed by atoms with E-state index in [0.29, 0.717) is 12.3 Å². The maximum Gasteiger partial charge on any atom is 0.244 e. The van der Waals surface area contributed by atoms with Crippen molar-refractivity contribution >= 4 is 29.3 Å². The Bertz CT molecular complexity index is 762. The van der Waals surface area contributed by atoms with E-state index in [1.165, 1.54) is 11.8 Å². The molecule has 0 aliphatic rings. The molecule has 144 valence electrons. The summed E-state index contributed by atoms with van der Waals surface area (Å²) in [6.07, 6.45) is 0.802. The molecule has 0 saturated heterocycles. The average Bonchev–Trinajstić information content (AvgIpc) is 2.68. The molecule has 0 heterocycles. The summed E-state index contributed by atoms with van der Waals surface area (Å²) in [5.74, 6) is 0.855. The van der Waals surface area contributed by atoms with Gasteiger partial charge in [-0.1, -0.05) is 25.1 Å². The first-order valence-electron chi connectivity index (χ1n) is 8.93. The lowest BCUT2D eigenvalue weighted by Gasteiger charge is -2.21. The van der Waals surface area contributed by atoms with E-state index in [2.05, 4.69) is 5.32 Å². The first-order chi connectivity index (χ1) is 13.0. The smallest absolute Gasteiger partial charge is 0.244 e. The molecule has 0 saturated carbocycles. The van der Waals surface area contributed by atoms with Crippen molar-refractivity contribution in [3.05, 3.63) is 54.1 Å². The van der Waals surface area contributed by atoms with E-state index in [9.17, 15) is 9.59 Å². The minimum atomic E-state index is -0.180. The standard InChI is InChI=1S/C21H26N2O3S/c1-4-13-23(14-20(24)22-19-8-6-5-7-16(19)2)21(25)15-27-18-11-9-17(26-3)10-12-18/h5-12H,4,13-15H2,1-3H3,(H,22,24). The molecule has 0 spiro atoms. The number of nitrogens with zero attached hydrogens (tertiary/aromatic N) is 1. The fourth-order valence-corrected chi connectivity index (χ4v) is 3.35. The summed E-state index contributed by atoms with van der Waals surface area (Å²) in [7, 11) is 1.62. The summed E-state index contributed by atoms with van der Waals surface area (Å²) in [4.78, 5) is 27.6. The molecule has 2 amide bonds. The van der Waals surface area contributed by atoms with Crippen molar-refractivity contribution in [2.75, 3.05) is 31.3 Å². The van der Waals surface area contributed by atoms with Gasteiger partial charge in [-0.2, -0.15) is 0 Å². The average molecular weight is 387 g/mol. The molecule has 2 aromatic carbocycles. The van der Waals surface area contributed by atoms with Gasteiger partial charge in [0.15, 0.2) is 0 Å². The zero-order valence-electron chi connectivity index (χ0n) is 16.0. The molecule has 2 rings (SSSR count). The molecule has 27 heavy (non-hydrogen) atoms. The first kappa shape index (κ1) is 20.8. The highest BCUT2D eigenvalue weighted by Crippen LogP contribution is 2.21. The quantitative estimate of drug-likeness (QED) is 0.663. The minimum Gasteiger partial charge on any atom is -0.497 e. The van der Waals surface area contributed by atoms with Crippen LogP contribution in [0.4, 0.5) is 5.69 Å². The van der Waals surface area contributed by atoms with Crippen LogP contribution in [-0.4, -0.2) is 42.7 Å². The number of para-hydroxylation sites is 1. The number of benzene rings is 2. The monoisotopic (exact) mass is 386 g/mol. The van der Waals surface area contributed by atoms with E-state index in [1.54, 1.807) is 12.0 Å². The van der Waals surface area contributed by atoms with Crippen molar-refractivity contribution < 1.29 is 14.3 Å². The summed E-state index contributed by atoms with van der Waals surface area (Å²) >= 11 is 1.46. The number of aryl methyl sites for hydroxylation is 1. The summed E-state index contributed by atoms with van der Waals surface area (Å²) in [5.41, 5.74) is 1.77. The van der Waals surface area contributed by atoms with Gasteiger partial charge in [0.2, 0.25) is 11.8 Å². The fourth-order valence-electron chi connectivity index (χ4n) is 2.55. The van der Waals surface area contributed by atoms with Gasteiger partial charge in [0.25, 0.3) is 0 Å². The third kappa shape index (κ3) is 6.64. The highest BCUT2D eigenvalue weighted by molar-refractivity contribution is 8.00. The van der Waals surface area contributed by atoms with Crippen molar-refractivity contribution in [3.8, 4) is 5.75 Å². The van der Waals surface area contributed by atoms with E-state index in [4.69, 9.17) is 4.74 Å². The van der Waals surface area contributed by atoms with Gasteiger partial charge in [-0.05, 0) is 49.2 Å². The second-order valence-corrected chi connectivity index (χ2v) is 7.19. The van der Waals surface area contributed by atoms with Crippen LogP contribution in [0, 0.1) is 6.92 Å². The van der Waals surface area contributed by atoms with Crippen LogP contribution in [0.2, 0.25) is 0 Å². The Kier molecular flexibility index (Phi) is 8.20. The highest BCUT2D eigenvalue weighted by atomic mass is 32.2. The predicted molar refractivity (Wildman–Crippen MR) is 110 cm³/mol. The summed E-state index contributed by atoms with van der Waals surface area (Å²) in [5, 5.41) is 2.89. The number of amides is 2. The highest BCUT2D eigenvalue weighted by Gasteiger charge is 2.17. The molecule has 1 N–H and O–H groups in total. The Hall–Kier alpha value is -2.47. The number of anilines is 1. The number of ether oxygens (including phenoxy) is 1. The number of hydrogen-bond donors (Lipinski definition) is 1. The predicted octanol–water partition coefficient (Wildman–Crippen LogP) is 3.97. The number of thioether (sulfide) groups is 1. The Morgan fingerprint density at radius 2 is 1.81 bits per heavy atom. The van der Waals surface area contributed by atoms with E-state index in [-0.39, 0.29) is 18.4 Å². The largest absolute Gasteiger partial charge is 0.497 e. The number of methoxy groups -OCH3 is 1. The topological polar surface area (TPSA) is 58.6 Å². The summed E-state index contributed by atoms with van der Waals surface area (Å²) < 4.78 is 5.14. The van der Waals surface area contributed by atoms with Crippen molar-refractivity contribution in [2.24, 2.45) is 0 Å². The zero-order chi connectivity index (χ0) is 19.6. The van der Waals surface area contributed by atoms with Crippen LogP contribution in [0.3, 0.4) is 0 Å². The Morgan fingerprint density at radius 1 is 1.11 bits per heavy atom. The molecule has 2 aromatic rings. The summed E-state index contributed by atoms with van der Waals surface area (Å²) in [6.45, 7) is 4.56. The molecule has 5 nitrogen and oxygen atoms in total. The van der Waals surface area contributed by atoms with Gasteiger partial charge < -0.3 is 15.0 Å². The van der Waals surface area contributed by atoms with Crippen molar-refractivity contribution in [1.29, 1.82) is 0 Å². The molecule has 0 aromatic heterocycles. The third-order valence-corrected chi connectivity index (χ3v) is 5.02. The molecule has 0 fully saturated rings. The SMILES string of the molecule is CCCN(CC(=O)Nc1ccccc1C)C(=O)CSc1ccc(OC)cc1. The van der Waals surface area contributed by atoms with Gasteiger partial charge in [-0.25, -0.2) is 0 Å². The van der Waals surface area contributed by atoms with Crippen LogP contribution in [-0.2, 0) is 9.59 Å². The first-order valence-corrected chi connectivity index (χ1v) is 9.92. The second kappa shape index (κ2) is 10.6. The number of carbonyl (C=O) groups is 2. The second-order valence-electron chi connectivity index (χ2n) is 6.14. The molecule has 0 aliphatic carbocycles. The lowest BCUT2D eigenvalue weighted by molar-refractivity contribution is -0.132. The number of rotatable bonds is 9. The van der Waals surface area contributed by atoms with E-state index in [1.807, 2.05) is 62.4 Å². The molecule has 0 radical (unpaired) electrons. The van der Waals surface area contributed by atoms with E-state index < -0.39 is 0 Å². The summed E-state index contributed by atoms with van der Waals surface area (Å²) in [6, 6.07) is 15.2. The zero-order valence-corrected chi connectivity index (χ0v) is 16.8. The molecular weight excluding hydrogens is 360 g/mol. The van der Waals surface area contributed by atoms with Crippen molar-refractivity contribution in [2.45, 2.75) is 25.2 Å². The van der Waals surface area contributed by atoms with Gasteiger partial charge in [-0.3, -0.25) is 9.59 Å². The van der Waals surface area contributed by atoms with Gasteiger partial charge in [0.05, 0.1) is 19.4 Å². The Labute approximate surface area is 165 Å². The number of nitrogens with one attached hydrogen (secondary N) is 1. The van der Waals surface area contributed by atoms with E-state index >= 15 is 0 Å². The molecule has 0 aliphatic heterocycles. The van der Waals surface area contributed by atoms with Crippen LogP contribution >= 0.6 is 11.8 Å². The van der Waals surface area contributed by atoms with Crippen LogP contribution in [0.25, 0.3) is 0 Å². The van der Waals surface area contributed by atoms with Crippen LogP contribution in [0.5, 0.6) is 5.75 Å². The van der Waals surface area contributed by atoms with Crippen LogP contribution in [0.1, 0.15) is 18.9 Å². The Morgan fingerprint density at radius 3 is 2.44 bits per heavy atom. The molecular formula is C21H26N2O3S. The lowest BCUT2D eigenvalue weighted by Crippen LogP contribution is -2.39. The third-order valence-electron chi connectivity index (χ3n) is 4.02. The van der Waals surface area contributed by atoms with Crippen molar-refractivity contribution in [1.82, 2.24) is 4.90 Å². The molecule has 0 bridgehead atoms. The fraction of sp³-hybridized carbons (Fsp3) is 0.333. The lowest BCUT2D eigenvalue weighted by atomic mass is 10.2. The number of hydrogen-bond acceptors (Lipinski definition) is 4. The van der Waals surface area contributed by atoms with Gasteiger partial charge in [0, 0.05) is 17.1 Å². The van der Waals surface area contributed by atoms with Gasteiger partial charge in [-0.15, -0.1) is 11.8 Å². The Balaban J connectivity index is 1.91. The maximum atomic E-state index is 12.6. The normalized spacial score (nSPS) is 10.3. The maximum absolute atomic E-state index is 12.6. The number of carbonyl (C=O) groups excluding carboxylic acids is 2. The molecule has 0 atom stereocenters. The van der Waals surface area contributed by atoms with Gasteiger partial charge >= 0.3 is 0 Å². The van der Waals surface area contributed by atoms with Crippen LogP contribution in [0.15, 0.2) is 53.4 Å². The van der Waals surface area contributed by atoms with Crippen molar-refractivity contribution in [3.63, 3.8) is 0 Å². The minimum absolute atomic E-state index is 0.0439. The van der Waals surface area contributed by atoms with E-state index in [0.717, 1.165) is 28.3 Å². The van der Waals surface area contributed by atoms with Crippen LogP contribution < -0.4 is 10.1 Å². The van der Waals surface area contributed by atoms with Gasteiger partial charge in [0.1, 0.15) is 5.75 Å². The molecule has 6 heteroatoms. The molecule has 0 unspecified atom stereocenters.